The van der Waals surface area contributed by atoms with E-state index in [9.17, 15) is 0 Å². The molecular weight excluding hydrogens is 224 g/mol. The van der Waals surface area contributed by atoms with Crippen LogP contribution < -0.4 is 5.32 Å². The summed E-state index contributed by atoms with van der Waals surface area (Å²) in [6.07, 6.45) is 7.39. The van der Waals surface area contributed by atoms with Gasteiger partial charge in [-0.2, -0.15) is 0 Å². The van der Waals surface area contributed by atoms with Gasteiger partial charge in [0.2, 0.25) is 0 Å². The lowest BCUT2D eigenvalue weighted by molar-refractivity contribution is 0.0867. The molecule has 1 aliphatic rings. The van der Waals surface area contributed by atoms with Gasteiger partial charge in [-0.25, -0.2) is 0 Å². The van der Waals surface area contributed by atoms with Crippen molar-refractivity contribution in [1.82, 2.24) is 10.3 Å². The summed E-state index contributed by atoms with van der Waals surface area (Å²) < 4.78 is 5.75. The van der Waals surface area contributed by atoms with Crippen LogP contribution in [0.25, 0.3) is 0 Å². The van der Waals surface area contributed by atoms with Crippen LogP contribution in [0.2, 0.25) is 0 Å². The molecule has 0 radical (unpaired) electrons. The molecule has 1 aromatic heterocycles. The van der Waals surface area contributed by atoms with Gasteiger partial charge in [0.05, 0.1) is 12.3 Å². The Morgan fingerprint density at radius 1 is 1.33 bits per heavy atom. The molecule has 1 N–H and O–H groups in total. The first-order valence-corrected chi connectivity index (χ1v) is 7.10. The summed E-state index contributed by atoms with van der Waals surface area (Å²) in [4.78, 5) is 4.43. The van der Waals surface area contributed by atoms with Crippen LogP contribution in [0.15, 0.2) is 18.3 Å². The summed E-state index contributed by atoms with van der Waals surface area (Å²) in [5.74, 6) is 0.790. The van der Waals surface area contributed by atoms with E-state index in [2.05, 4.69) is 29.4 Å². The molecule has 0 bridgehead atoms. The predicted octanol–water partition coefficient (Wildman–Crippen LogP) is 2.90. The van der Waals surface area contributed by atoms with Crippen molar-refractivity contribution in [2.45, 2.75) is 45.8 Å². The van der Waals surface area contributed by atoms with Gasteiger partial charge in [-0.1, -0.05) is 25.8 Å². The van der Waals surface area contributed by atoms with Crippen LogP contribution in [0.5, 0.6) is 0 Å². The van der Waals surface area contributed by atoms with Gasteiger partial charge in [-0.15, -0.1) is 0 Å². The van der Waals surface area contributed by atoms with E-state index in [4.69, 9.17) is 4.74 Å². The molecular formula is C15H24N2O. The number of aromatic nitrogens is 1. The lowest BCUT2D eigenvalue weighted by Crippen LogP contribution is -2.12. The largest absolute Gasteiger partial charge is 0.375 e. The maximum atomic E-state index is 5.75. The van der Waals surface area contributed by atoms with Gasteiger partial charge in [0.15, 0.2) is 0 Å². The lowest BCUT2D eigenvalue weighted by Gasteiger charge is -2.09. The van der Waals surface area contributed by atoms with Gasteiger partial charge >= 0.3 is 0 Å². The van der Waals surface area contributed by atoms with E-state index < -0.39 is 0 Å². The Hall–Kier alpha value is -0.930. The van der Waals surface area contributed by atoms with Crippen LogP contribution in [-0.4, -0.2) is 18.1 Å². The highest BCUT2D eigenvalue weighted by Crippen LogP contribution is 2.24. The molecule has 1 saturated carbocycles. The van der Waals surface area contributed by atoms with Crippen molar-refractivity contribution < 1.29 is 4.74 Å². The molecule has 0 unspecified atom stereocenters. The zero-order chi connectivity index (χ0) is 12.6. The van der Waals surface area contributed by atoms with Crippen molar-refractivity contribution >= 4 is 0 Å². The van der Waals surface area contributed by atoms with Crippen LogP contribution >= 0.6 is 0 Å². The summed E-state index contributed by atoms with van der Waals surface area (Å²) in [5.41, 5.74) is 2.27. The number of hydrogen-bond acceptors (Lipinski definition) is 3. The molecule has 0 aromatic carbocycles. The van der Waals surface area contributed by atoms with Gasteiger partial charge in [0, 0.05) is 19.3 Å². The number of rotatable bonds is 7. The zero-order valence-corrected chi connectivity index (χ0v) is 11.3. The molecule has 0 atom stereocenters. The van der Waals surface area contributed by atoms with E-state index in [1.165, 1.54) is 31.2 Å². The first-order chi connectivity index (χ1) is 8.88. The van der Waals surface area contributed by atoms with Gasteiger partial charge in [-0.05, 0) is 36.9 Å². The minimum atomic E-state index is 0.651. The smallest absolute Gasteiger partial charge is 0.0887 e. The van der Waals surface area contributed by atoms with Crippen molar-refractivity contribution in [3.05, 3.63) is 29.6 Å². The quantitative estimate of drug-likeness (QED) is 0.805. The molecule has 1 heterocycles. The molecule has 0 saturated heterocycles. The SMILES string of the molecule is CCNCc1ccc(COCC2CCCC2)nc1. The second kappa shape index (κ2) is 7.49. The monoisotopic (exact) mass is 248 g/mol. The number of nitrogens with one attached hydrogen (secondary N) is 1. The first-order valence-electron chi connectivity index (χ1n) is 7.10. The van der Waals surface area contributed by atoms with Crippen molar-refractivity contribution in [3.8, 4) is 0 Å². The maximum absolute atomic E-state index is 5.75. The van der Waals surface area contributed by atoms with Gasteiger partial charge < -0.3 is 10.1 Å². The Bertz CT molecular complexity index is 331. The highest BCUT2D eigenvalue weighted by atomic mass is 16.5. The van der Waals surface area contributed by atoms with Crippen molar-refractivity contribution in [3.63, 3.8) is 0 Å². The van der Waals surface area contributed by atoms with Crippen molar-refractivity contribution in [1.29, 1.82) is 0 Å². The van der Waals surface area contributed by atoms with Crippen LogP contribution in [0.4, 0.5) is 0 Å². The standard InChI is InChI=1S/C15H24N2O/c1-2-16-9-14-7-8-15(17-10-14)12-18-11-13-5-3-4-6-13/h7-8,10,13,16H,2-6,9,11-12H2,1H3. The summed E-state index contributed by atoms with van der Waals surface area (Å²) in [6.45, 7) is 5.55. The third kappa shape index (κ3) is 4.39. The zero-order valence-electron chi connectivity index (χ0n) is 11.3. The molecule has 1 fully saturated rings. The third-order valence-corrected chi connectivity index (χ3v) is 3.54. The number of hydrogen-bond donors (Lipinski definition) is 1. The van der Waals surface area contributed by atoms with E-state index >= 15 is 0 Å². The minimum absolute atomic E-state index is 0.651. The molecule has 0 amide bonds. The first kappa shape index (κ1) is 13.5. The van der Waals surface area contributed by atoms with Crippen LogP contribution in [0.3, 0.4) is 0 Å². The van der Waals surface area contributed by atoms with Crippen LogP contribution in [0.1, 0.15) is 43.9 Å². The molecule has 100 valence electrons. The Labute approximate surface area is 110 Å². The molecule has 3 nitrogen and oxygen atoms in total. The summed E-state index contributed by atoms with van der Waals surface area (Å²) in [6, 6.07) is 4.20. The second-order valence-corrected chi connectivity index (χ2v) is 5.10. The Balaban J connectivity index is 1.68. The van der Waals surface area contributed by atoms with Gasteiger partial charge in [0.25, 0.3) is 0 Å². The summed E-state index contributed by atoms with van der Waals surface area (Å²) in [5, 5.41) is 3.29. The topological polar surface area (TPSA) is 34.1 Å². The third-order valence-electron chi connectivity index (χ3n) is 3.54. The van der Waals surface area contributed by atoms with Crippen LogP contribution in [-0.2, 0) is 17.9 Å². The Kier molecular flexibility index (Phi) is 5.62. The molecule has 0 spiro atoms. The van der Waals surface area contributed by atoms with E-state index in [0.29, 0.717) is 6.61 Å². The van der Waals surface area contributed by atoms with Crippen molar-refractivity contribution in [2.24, 2.45) is 5.92 Å². The van der Waals surface area contributed by atoms with Gasteiger partial charge in [0.1, 0.15) is 0 Å². The fraction of sp³-hybridized carbons (Fsp3) is 0.667. The molecule has 1 aliphatic carbocycles. The van der Waals surface area contributed by atoms with E-state index in [-0.39, 0.29) is 0 Å². The summed E-state index contributed by atoms with van der Waals surface area (Å²) in [7, 11) is 0. The fourth-order valence-corrected chi connectivity index (χ4v) is 2.42. The van der Waals surface area contributed by atoms with E-state index in [0.717, 1.165) is 31.3 Å². The summed E-state index contributed by atoms with van der Waals surface area (Å²) >= 11 is 0. The van der Waals surface area contributed by atoms with Crippen molar-refractivity contribution in [2.75, 3.05) is 13.2 Å². The number of nitrogens with zero attached hydrogens (tertiary/aromatic N) is 1. The van der Waals surface area contributed by atoms with E-state index in [1.807, 2.05) is 6.20 Å². The fourth-order valence-electron chi connectivity index (χ4n) is 2.42. The normalized spacial score (nSPS) is 16.3. The highest BCUT2D eigenvalue weighted by molar-refractivity contribution is 5.13. The molecule has 2 rings (SSSR count). The predicted molar refractivity (Wildman–Crippen MR) is 73.2 cm³/mol. The molecule has 1 aromatic rings. The van der Waals surface area contributed by atoms with E-state index in [1.54, 1.807) is 0 Å². The molecule has 18 heavy (non-hydrogen) atoms. The molecule has 0 aliphatic heterocycles. The number of ether oxygens (including phenoxy) is 1. The highest BCUT2D eigenvalue weighted by Gasteiger charge is 2.14. The lowest BCUT2D eigenvalue weighted by atomic mass is 10.1. The van der Waals surface area contributed by atoms with Crippen LogP contribution in [0, 0.1) is 5.92 Å². The minimum Gasteiger partial charge on any atom is -0.375 e. The average Bonchev–Trinajstić information content (AvgIpc) is 2.91. The Morgan fingerprint density at radius 2 is 2.17 bits per heavy atom. The second-order valence-electron chi connectivity index (χ2n) is 5.10. The van der Waals surface area contributed by atoms with Gasteiger partial charge in [-0.3, -0.25) is 4.98 Å². The average molecular weight is 248 g/mol. The Morgan fingerprint density at radius 3 is 2.83 bits per heavy atom. The maximum Gasteiger partial charge on any atom is 0.0887 e. The number of pyridine rings is 1. The molecule has 3 heteroatoms.